The molecule has 5 unspecified atom stereocenters. The average molecular weight is 182 g/mol. The summed E-state index contributed by atoms with van der Waals surface area (Å²) >= 11 is 0. The maximum absolute atomic E-state index is 11.4. The van der Waals surface area contributed by atoms with Crippen molar-refractivity contribution >= 4 is 5.97 Å². The van der Waals surface area contributed by atoms with Crippen molar-refractivity contribution in [3.63, 3.8) is 0 Å². The lowest BCUT2D eigenvalue weighted by Gasteiger charge is -2.26. The van der Waals surface area contributed by atoms with E-state index in [0.29, 0.717) is 17.8 Å². The topological polar surface area (TPSA) is 46.5 Å². The van der Waals surface area contributed by atoms with E-state index in [0.717, 1.165) is 6.42 Å². The molecule has 2 saturated carbocycles. The van der Waals surface area contributed by atoms with E-state index in [2.05, 4.69) is 6.92 Å². The fourth-order valence-corrected chi connectivity index (χ4v) is 3.74. The van der Waals surface area contributed by atoms with E-state index < -0.39 is 6.29 Å². The van der Waals surface area contributed by atoms with Crippen LogP contribution in [0, 0.1) is 29.6 Å². The highest BCUT2D eigenvalue weighted by molar-refractivity contribution is 5.76. The van der Waals surface area contributed by atoms with Crippen LogP contribution in [0.1, 0.15) is 19.8 Å². The molecule has 2 aliphatic carbocycles. The van der Waals surface area contributed by atoms with Crippen molar-refractivity contribution in [3.05, 3.63) is 0 Å². The van der Waals surface area contributed by atoms with E-state index in [1.807, 2.05) is 0 Å². The lowest BCUT2D eigenvalue weighted by atomic mass is 9.76. The van der Waals surface area contributed by atoms with Gasteiger partial charge in [0.1, 0.15) is 0 Å². The molecule has 72 valence electrons. The third-order valence-electron chi connectivity index (χ3n) is 4.24. The van der Waals surface area contributed by atoms with Gasteiger partial charge in [-0.25, -0.2) is 0 Å². The summed E-state index contributed by atoms with van der Waals surface area (Å²) in [6, 6.07) is 0. The van der Waals surface area contributed by atoms with Crippen LogP contribution in [0.25, 0.3) is 0 Å². The highest BCUT2D eigenvalue weighted by Crippen LogP contribution is 2.58. The van der Waals surface area contributed by atoms with Crippen LogP contribution >= 0.6 is 0 Å². The van der Waals surface area contributed by atoms with Crippen LogP contribution in [0.15, 0.2) is 0 Å². The van der Waals surface area contributed by atoms with Crippen LogP contribution in [-0.4, -0.2) is 17.4 Å². The van der Waals surface area contributed by atoms with Gasteiger partial charge in [0.05, 0.1) is 5.92 Å². The molecule has 0 aromatic rings. The number of hydrogen-bond acceptors (Lipinski definition) is 3. The van der Waals surface area contributed by atoms with Gasteiger partial charge in [0, 0.05) is 5.92 Å². The second-order valence-electron chi connectivity index (χ2n) is 4.80. The van der Waals surface area contributed by atoms with Gasteiger partial charge >= 0.3 is 5.97 Å². The Labute approximate surface area is 77.1 Å². The molecule has 3 heteroatoms. The number of cyclic esters (lactones) is 1. The first-order valence-corrected chi connectivity index (χ1v) is 5.07. The first-order chi connectivity index (χ1) is 6.18. The predicted octanol–water partition coefficient (Wildman–Crippen LogP) is 0.770. The Bertz CT molecular complexity index is 263. The summed E-state index contributed by atoms with van der Waals surface area (Å²) in [4.78, 5) is 11.4. The number of ether oxygens (including phenoxy) is 1. The molecule has 1 N–H and O–H groups in total. The van der Waals surface area contributed by atoms with E-state index in [-0.39, 0.29) is 17.8 Å². The first-order valence-electron chi connectivity index (χ1n) is 5.07. The molecule has 3 fully saturated rings. The summed E-state index contributed by atoms with van der Waals surface area (Å²) in [6.07, 6.45) is 1.49. The molecule has 0 aromatic heterocycles. The predicted molar refractivity (Wildman–Crippen MR) is 44.5 cm³/mol. The number of hydrogen-bond donors (Lipinski definition) is 1. The zero-order valence-corrected chi connectivity index (χ0v) is 7.64. The summed E-state index contributed by atoms with van der Waals surface area (Å²) in [5.41, 5.74) is 0. The maximum atomic E-state index is 11.4. The highest BCUT2D eigenvalue weighted by atomic mass is 16.6. The minimum absolute atomic E-state index is 0.0174. The van der Waals surface area contributed by atoms with Crippen LogP contribution in [-0.2, 0) is 9.53 Å². The average Bonchev–Trinajstić information content (AvgIpc) is 2.64. The van der Waals surface area contributed by atoms with E-state index in [1.54, 1.807) is 0 Å². The minimum Gasteiger partial charge on any atom is -0.435 e. The zero-order chi connectivity index (χ0) is 9.16. The van der Waals surface area contributed by atoms with Gasteiger partial charge in [0.15, 0.2) is 0 Å². The monoisotopic (exact) mass is 182 g/mol. The molecule has 2 bridgehead atoms. The fraction of sp³-hybridized carbons (Fsp3) is 0.900. The second-order valence-corrected chi connectivity index (χ2v) is 4.80. The Hall–Kier alpha value is -0.570. The van der Waals surface area contributed by atoms with Crippen molar-refractivity contribution in [1.29, 1.82) is 0 Å². The van der Waals surface area contributed by atoms with Crippen LogP contribution in [0.2, 0.25) is 0 Å². The Morgan fingerprint density at radius 2 is 2.23 bits per heavy atom. The van der Waals surface area contributed by atoms with Crippen LogP contribution < -0.4 is 0 Å². The molecule has 0 spiro atoms. The van der Waals surface area contributed by atoms with E-state index in [4.69, 9.17) is 4.74 Å². The molecule has 3 aliphatic rings. The molecule has 1 aliphatic heterocycles. The largest absolute Gasteiger partial charge is 0.435 e. The Morgan fingerprint density at radius 1 is 1.46 bits per heavy atom. The van der Waals surface area contributed by atoms with E-state index in [9.17, 15) is 9.90 Å². The fourth-order valence-electron chi connectivity index (χ4n) is 3.74. The van der Waals surface area contributed by atoms with E-state index >= 15 is 0 Å². The number of aliphatic hydroxyl groups excluding tert-OH is 1. The molecular weight excluding hydrogens is 168 g/mol. The zero-order valence-electron chi connectivity index (χ0n) is 7.64. The first kappa shape index (κ1) is 7.80. The third kappa shape index (κ3) is 0.810. The molecule has 1 saturated heterocycles. The highest BCUT2D eigenvalue weighted by Gasteiger charge is 2.61. The van der Waals surface area contributed by atoms with Gasteiger partial charge in [-0.3, -0.25) is 4.79 Å². The van der Waals surface area contributed by atoms with Crippen LogP contribution in [0.5, 0.6) is 0 Å². The quantitative estimate of drug-likeness (QED) is 0.563. The SMILES string of the molecule is C[C@H]1CC2CC1C1C(=O)OC(O)C21. The molecule has 3 rings (SSSR count). The molecule has 0 radical (unpaired) electrons. The van der Waals surface area contributed by atoms with Crippen molar-refractivity contribution in [2.75, 3.05) is 0 Å². The molecule has 1 heterocycles. The number of fused-ring (bicyclic) bond motifs is 5. The smallest absolute Gasteiger partial charge is 0.312 e. The molecular formula is C10H14O3. The van der Waals surface area contributed by atoms with Gasteiger partial charge < -0.3 is 9.84 Å². The van der Waals surface area contributed by atoms with Gasteiger partial charge in [-0.2, -0.15) is 0 Å². The van der Waals surface area contributed by atoms with E-state index in [1.165, 1.54) is 6.42 Å². The maximum Gasteiger partial charge on any atom is 0.312 e. The molecule has 6 atom stereocenters. The molecule has 0 aromatic carbocycles. The summed E-state index contributed by atoms with van der Waals surface area (Å²) in [6.45, 7) is 2.21. The van der Waals surface area contributed by atoms with Crippen molar-refractivity contribution in [1.82, 2.24) is 0 Å². The Balaban J connectivity index is 1.96. The van der Waals surface area contributed by atoms with Crippen LogP contribution in [0.3, 0.4) is 0 Å². The van der Waals surface area contributed by atoms with Crippen molar-refractivity contribution in [2.45, 2.75) is 26.1 Å². The number of carbonyl (C=O) groups is 1. The molecule has 0 amide bonds. The normalized spacial score (nSPS) is 58.2. The van der Waals surface area contributed by atoms with Gasteiger partial charge in [0.2, 0.25) is 6.29 Å². The Morgan fingerprint density at radius 3 is 3.00 bits per heavy atom. The lowest BCUT2D eigenvalue weighted by molar-refractivity contribution is -0.158. The number of esters is 1. The van der Waals surface area contributed by atoms with Crippen LogP contribution in [0.4, 0.5) is 0 Å². The van der Waals surface area contributed by atoms with Gasteiger partial charge in [-0.05, 0) is 30.6 Å². The van der Waals surface area contributed by atoms with Gasteiger partial charge in [0.25, 0.3) is 0 Å². The standard InChI is InChI=1S/C10H14O3/c1-4-2-5-3-6(4)8-7(5)9(11)13-10(8)12/h4-9,11H,2-3H2,1H3/t4-,5?,6?,7?,8?,9?/m0/s1. The van der Waals surface area contributed by atoms with Crippen molar-refractivity contribution in [2.24, 2.45) is 29.6 Å². The third-order valence-corrected chi connectivity index (χ3v) is 4.24. The molecule has 3 nitrogen and oxygen atoms in total. The van der Waals surface area contributed by atoms with Gasteiger partial charge in [-0.1, -0.05) is 6.92 Å². The number of carbonyl (C=O) groups excluding carboxylic acids is 1. The summed E-state index contributed by atoms with van der Waals surface area (Å²) < 4.78 is 4.87. The minimum atomic E-state index is -0.806. The van der Waals surface area contributed by atoms with Crippen molar-refractivity contribution in [3.8, 4) is 0 Å². The summed E-state index contributed by atoms with van der Waals surface area (Å²) in [5.74, 6) is 1.64. The second kappa shape index (κ2) is 2.27. The molecule has 13 heavy (non-hydrogen) atoms. The summed E-state index contributed by atoms with van der Waals surface area (Å²) in [5, 5.41) is 9.54. The summed E-state index contributed by atoms with van der Waals surface area (Å²) in [7, 11) is 0. The number of rotatable bonds is 0. The van der Waals surface area contributed by atoms with Crippen molar-refractivity contribution < 1.29 is 14.6 Å². The van der Waals surface area contributed by atoms with Gasteiger partial charge in [-0.15, -0.1) is 0 Å². The lowest BCUT2D eigenvalue weighted by Crippen LogP contribution is -2.30. The Kier molecular flexibility index (Phi) is 1.36. The number of aliphatic hydroxyl groups is 1.